The molecule has 1 heterocycles. The molecule has 7 heteroatoms. The number of nitrogens with zero attached hydrogens (tertiary/aromatic N) is 1. The number of carbonyl (C=O) groups excluding carboxylic acids is 2. The minimum absolute atomic E-state index is 0. The van der Waals surface area contributed by atoms with E-state index in [4.69, 9.17) is 17.3 Å². The summed E-state index contributed by atoms with van der Waals surface area (Å²) in [7, 11) is 0. The first-order chi connectivity index (χ1) is 11.0. The van der Waals surface area contributed by atoms with Gasteiger partial charge in [0.05, 0.1) is 12.5 Å². The fourth-order valence-electron chi connectivity index (χ4n) is 3.06. The van der Waals surface area contributed by atoms with Crippen molar-refractivity contribution < 1.29 is 9.59 Å². The largest absolute Gasteiger partial charge is 0.349 e. The molecule has 1 aliphatic rings. The number of halogens is 2. The summed E-state index contributed by atoms with van der Waals surface area (Å²) in [6, 6.07) is 6.97. The number of benzene rings is 1. The Balaban J connectivity index is 0.00000288. The van der Waals surface area contributed by atoms with Crippen LogP contribution in [0.3, 0.4) is 0 Å². The van der Waals surface area contributed by atoms with E-state index in [1.807, 2.05) is 17.0 Å². The Kier molecular flexibility index (Phi) is 8.53. The smallest absolute Gasteiger partial charge is 0.225 e. The average Bonchev–Trinajstić information content (AvgIpc) is 2.54. The summed E-state index contributed by atoms with van der Waals surface area (Å²) in [5.41, 5.74) is 6.67. The molecule has 24 heavy (non-hydrogen) atoms. The van der Waals surface area contributed by atoms with Gasteiger partial charge in [0.2, 0.25) is 11.8 Å². The van der Waals surface area contributed by atoms with Crippen LogP contribution in [0.1, 0.15) is 44.2 Å². The van der Waals surface area contributed by atoms with E-state index in [0.29, 0.717) is 11.6 Å². The first-order valence-electron chi connectivity index (χ1n) is 8.03. The molecule has 0 saturated carbocycles. The van der Waals surface area contributed by atoms with E-state index in [1.165, 1.54) is 6.92 Å². The zero-order chi connectivity index (χ0) is 16.8. The number of carbonyl (C=O) groups is 2. The first kappa shape index (κ1) is 20.7. The van der Waals surface area contributed by atoms with Crippen molar-refractivity contribution in [3.8, 4) is 0 Å². The van der Waals surface area contributed by atoms with Gasteiger partial charge in [-0.05, 0) is 37.0 Å². The predicted molar refractivity (Wildman–Crippen MR) is 98.3 cm³/mol. The summed E-state index contributed by atoms with van der Waals surface area (Å²) >= 11 is 5.91. The summed E-state index contributed by atoms with van der Waals surface area (Å²) in [5, 5.41) is 3.48. The molecule has 1 aromatic rings. The van der Waals surface area contributed by atoms with Crippen LogP contribution >= 0.6 is 24.0 Å². The lowest BCUT2D eigenvalue weighted by molar-refractivity contribution is -0.135. The molecule has 1 saturated heterocycles. The maximum Gasteiger partial charge on any atom is 0.225 e. The molecule has 134 valence electrons. The molecule has 1 fully saturated rings. The fraction of sp³-hybridized carbons (Fsp3) is 0.529. The van der Waals surface area contributed by atoms with Crippen molar-refractivity contribution in [2.45, 2.75) is 44.7 Å². The van der Waals surface area contributed by atoms with Crippen molar-refractivity contribution in [1.29, 1.82) is 0 Å². The van der Waals surface area contributed by atoms with Crippen LogP contribution in [0.25, 0.3) is 0 Å². The Bertz CT molecular complexity index is 551. The van der Waals surface area contributed by atoms with Crippen LogP contribution in [0.5, 0.6) is 0 Å². The van der Waals surface area contributed by atoms with Gasteiger partial charge >= 0.3 is 0 Å². The zero-order valence-electron chi connectivity index (χ0n) is 13.8. The monoisotopic (exact) mass is 373 g/mol. The van der Waals surface area contributed by atoms with Gasteiger partial charge in [-0.25, -0.2) is 0 Å². The standard InChI is InChI=1S/C17H24ClN3O2.ClH/c1-12(22)20-16(13-5-7-14(18)8-6-13)10-17(23)21-9-3-2-4-15(21)11-19;/h5-8,15-16H,2-4,9-11,19H2,1H3,(H,20,22);1H. The van der Waals surface area contributed by atoms with E-state index in [-0.39, 0.29) is 42.7 Å². The van der Waals surface area contributed by atoms with Crippen LogP contribution < -0.4 is 11.1 Å². The summed E-state index contributed by atoms with van der Waals surface area (Å²) in [5.74, 6) is -0.124. The van der Waals surface area contributed by atoms with Crippen LogP contribution in [0, 0.1) is 0 Å². The van der Waals surface area contributed by atoms with Gasteiger partial charge in [0.25, 0.3) is 0 Å². The minimum atomic E-state index is -0.349. The van der Waals surface area contributed by atoms with Crippen LogP contribution in [-0.2, 0) is 9.59 Å². The lowest BCUT2D eigenvalue weighted by Crippen LogP contribution is -2.48. The Morgan fingerprint density at radius 2 is 2.00 bits per heavy atom. The van der Waals surface area contributed by atoms with E-state index in [1.54, 1.807) is 12.1 Å². The van der Waals surface area contributed by atoms with Gasteiger partial charge < -0.3 is 16.0 Å². The molecule has 1 aliphatic heterocycles. The molecule has 2 amide bonds. The van der Waals surface area contributed by atoms with Crippen LogP contribution in [0.15, 0.2) is 24.3 Å². The molecule has 3 N–H and O–H groups in total. The van der Waals surface area contributed by atoms with Crippen molar-refractivity contribution in [3.05, 3.63) is 34.9 Å². The maximum atomic E-state index is 12.7. The molecular weight excluding hydrogens is 349 g/mol. The Morgan fingerprint density at radius 1 is 1.33 bits per heavy atom. The highest BCUT2D eigenvalue weighted by Gasteiger charge is 2.28. The average molecular weight is 374 g/mol. The topological polar surface area (TPSA) is 75.4 Å². The quantitative estimate of drug-likeness (QED) is 0.832. The summed E-state index contributed by atoms with van der Waals surface area (Å²) in [6.07, 6.45) is 3.30. The number of nitrogens with one attached hydrogen (secondary N) is 1. The zero-order valence-corrected chi connectivity index (χ0v) is 15.4. The van der Waals surface area contributed by atoms with Gasteiger partial charge in [-0.15, -0.1) is 12.4 Å². The van der Waals surface area contributed by atoms with Crippen LogP contribution in [-0.4, -0.2) is 35.8 Å². The molecule has 2 atom stereocenters. The molecule has 2 rings (SSSR count). The summed E-state index contributed by atoms with van der Waals surface area (Å²) in [4.78, 5) is 26.1. The van der Waals surface area contributed by atoms with Crippen LogP contribution in [0.4, 0.5) is 0 Å². The summed E-state index contributed by atoms with van der Waals surface area (Å²) in [6.45, 7) is 2.68. The molecule has 0 aliphatic carbocycles. The first-order valence-corrected chi connectivity index (χ1v) is 8.41. The molecule has 2 unspecified atom stereocenters. The van der Waals surface area contributed by atoms with E-state index < -0.39 is 0 Å². The molecule has 0 radical (unpaired) electrons. The van der Waals surface area contributed by atoms with Gasteiger partial charge in [0.1, 0.15) is 0 Å². The van der Waals surface area contributed by atoms with Gasteiger partial charge in [0, 0.05) is 31.1 Å². The van der Waals surface area contributed by atoms with E-state index in [0.717, 1.165) is 31.4 Å². The van der Waals surface area contributed by atoms with Gasteiger partial charge in [0.15, 0.2) is 0 Å². The Hall–Kier alpha value is -1.30. The van der Waals surface area contributed by atoms with Gasteiger partial charge in [-0.3, -0.25) is 9.59 Å². The molecule has 0 aromatic heterocycles. The number of hydrogen-bond donors (Lipinski definition) is 2. The van der Waals surface area contributed by atoms with Gasteiger partial charge in [-0.2, -0.15) is 0 Å². The Labute approximate surface area is 154 Å². The van der Waals surface area contributed by atoms with Crippen molar-refractivity contribution in [3.63, 3.8) is 0 Å². The summed E-state index contributed by atoms with van der Waals surface area (Å²) < 4.78 is 0. The fourth-order valence-corrected chi connectivity index (χ4v) is 3.18. The highest BCUT2D eigenvalue weighted by atomic mass is 35.5. The number of likely N-dealkylation sites (tertiary alicyclic amines) is 1. The van der Waals surface area contributed by atoms with Crippen molar-refractivity contribution in [2.24, 2.45) is 5.73 Å². The van der Waals surface area contributed by atoms with E-state index >= 15 is 0 Å². The van der Waals surface area contributed by atoms with Crippen molar-refractivity contribution in [1.82, 2.24) is 10.2 Å². The number of rotatable bonds is 5. The number of piperidine rings is 1. The molecule has 1 aromatic carbocycles. The molecule has 0 spiro atoms. The molecule has 5 nitrogen and oxygen atoms in total. The number of nitrogens with two attached hydrogens (primary N) is 1. The van der Waals surface area contributed by atoms with E-state index in [9.17, 15) is 9.59 Å². The van der Waals surface area contributed by atoms with Crippen molar-refractivity contribution >= 4 is 35.8 Å². The highest BCUT2D eigenvalue weighted by Crippen LogP contribution is 2.23. The lowest BCUT2D eigenvalue weighted by Gasteiger charge is -2.36. The van der Waals surface area contributed by atoms with Gasteiger partial charge in [-0.1, -0.05) is 23.7 Å². The second-order valence-corrected chi connectivity index (χ2v) is 6.42. The maximum absolute atomic E-state index is 12.7. The number of amides is 2. The minimum Gasteiger partial charge on any atom is -0.349 e. The second kappa shape index (κ2) is 9.87. The lowest BCUT2D eigenvalue weighted by atomic mass is 9.98. The third-order valence-electron chi connectivity index (χ3n) is 4.25. The second-order valence-electron chi connectivity index (χ2n) is 5.98. The van der Waals surface area contributed by atoms with E-state index in [2.05, 4.69) is 5.32 Å². The third kappa shape index (κ3) is 5.65. The molecular formula is C17H25Cl2N3O2. The Morgan fingerprint density at radius 3 is 2.58 bits per heavy atom. The normalized spacial score (nSPS) is 18.5. The molecule has 0 bridgehead atoms. The van der Waals surface area contributed by atoms with Crippen molar-refractivity contribution in [2.75, 3.05) is 13.1 Å². The highest BCUT2D eigenvalue weighted by molar-refractivity contribution is 6.30. The number of hydrogen-bond acceptors (Lipinski definition) is 3. The third-order valence-corrected chi connectivity index (χ3v) is 4.50. The SMILES string of the molecule is CC(=O)NC(CC(=O)N1CCCCC1CN)c1ccc(Cl)cc1.Cl. The predicted octanol–water partition coefficient (Wildman–Crippen LogP) is 2.67. The van der Waals surface area contributed by atoms with Crippen LogP contribution in [0.2, 0.25) is 5.02 Å².